The molecule has 2 amide bonds. The summed E-state index contributed by atoms with van der Waals surface area (Å²) in [6, 6.07) is 21.7. The molecule has 2 aliphatic heterocycles. The van der Waals surface area contributed by atoms with Crippen LogP contribution in [0.4, 0.5) is 0 Å². The zero-order chi connectivity index (χ0) is 23.0. The first-order chi connectivity index (χ1) is 16.0. The number of piperidine rings is 1. The average molecular weight is 445 g/mol. The summed E-state index contributed by atoms with van der Waals surface area (Å²) in [5, 5.41) is 0. The monoisotopic (exact) mass is 444 g/mol. The van der Waals surface area contributed by atoms with E-state index in [2.05, 4.69) is 12.1 Å². The van der Waals surface area contributed by atoms with Crippen molar-refractivity contribution in [2.24, 2.45) is 11.7 Å². The van der Waals surface area contributed by atoms with Gasteiger partial charge in [-0.3, -0.25) is 9.59 Å². The van der Waals surface area contributed by atoms with Gasteiger partial charge >= 0.3 is 0 Å². The third-order valence-electron chi connectivity index (χ3n) is 7.03. The van der Waals surface area contributed by atoms with Crippen molar-refractivity contribution in [2.75, 3.05) is 6.54 Å². The Morgan fingerprint density at radius 3 is 2.61 bits per heavy atom. The van der Waals surface area contributed by atoms with Crippen LogP contribution in [0.5, 0.6) is 5.75 Å². The Labute approximate surface area is 193 Å². The molecule has 0 spiro atoms. The van der Waals surface area contributed by atoms with Gasteiger partial charge in [0.2, 0.25) is 11.8 Å². The number of hydrogen-bond donors (Lipinski definition) is 1. The van der Waals surface area contributed by atoms with Gasteiger partial charge in [0, 0.05) is 24.8 Å². The maximum Gasteiger partial charge on any atom is 0.238 e. The van der Waals surface area contributed by atoms with E-state index < -0.39 is 17.6 Å². The third-order valence-corrected chi connectivity index (χ3v) is 7.03. The highest BCUT2D eigenvalue weighted by Gasteiger charge is 2.55. The number of carbonyl (C=O) groups excluding carboxylic acids is 2. The predicted octanol–water partition coefficient (Wildman–Crippen LogP) is 4.22. The Bertz CT molecular complexity index is 1140. The second kappa shape index (κ2) is 8.43. The van der Waals surface area contributed by atoms with Crippen LogP contribution >= 0.6 is 0 Å². The molecule has 1 aromatic heterocycles. The minimum Gasteiger partial charge on any atom is -0.469 e. The first-order valence-electron chi connectivity index (χ1n) is 11.4. The van der Waals surface area contributed by atoms with Crippen molar-refractivity contribution in [3.63, 3.8) is 0 Å². The highest BCUT2D eigenvalue weighted by atomic mass is 16.5. The molecule has 170 valence electrons. The number of carbonyl (C=O) groups is 2. The molecule has 5 rings (SSSR count). The summed E-state index contributed by atoms with van der Waals surface area (Å²) < 4.78 is 12.1. The molecular weight excluding hydrogens is 416 g/mol. The van der Waals surface area contributed by atoms with Crippen LogP contribution < -0.4 is 10.5 Å². The van der Waals surface area contributed by atoms with Gasteiger partial charge in [-0.15, -0.1) is 0 Å². The third kappa shape index (κ3) is 3.90. The van der Waals surface area contributed by atoms with Crippen molar-refractivity contribution in [3.05, 3.63) is 89.9 Å². The van der Waals surface area contributed by atoms with Crippen LogP contribution in [-0.2, 0) is 16.0 Å². The normalized spacial score (nSPS) is 24.6. The van der Waals surface area contributed by atoms with Crippen molar-refractivity contribution in [1.29, 1.82) is 0 Å². The van der Waals surface area contributed by atoms with Gasteiger partial charge < -0.3 is 19.8 Å². The Hall–Kier alpha value is -3.54. The number of nitrogens with zero attached hydrogens (tertiary/aromatic N) is 1. The largest absolute Gasteiger partial charge is 0.469 e. The number of hydrogen-bond acceptors (Lipinski definition) is 4. The summed E-state index contributed by atoms with van der Waals surface area (Å²) in [4.78, 5) is 27.7. The molecule has 2 bridgehead atoms. The van der Waals surface area contributed by atoms with Crippen molar-refractivity contribution in [2.45, 2.75) is 43.7 Å². The molecule has 3 heterocycles. The number of primary amides is 1. The molecule has 0 aliphatic carbocycles. The van der Waals surface area contributed by atoms with Gasteiger partial charge in [-0.2, -0.15) is 0 Å². The van der Waals surface area contributed by atoms with Crippen molar-refractivity contribution in [3.8, 4) is 5.75 Å². The molecule has 0 unspecified atom stereocenters. The number of amides is 2. The van der Waals surface area contributed by atoms with Crippen molar-refractivity contribution < 1.29 is 18.7 Å². The van der Waals surface area contributed by atoms with Crippen LogP contribution in [-0.4, -0.2) is 29.0 Å². The van der Waals surface area contributed by atoms with Crippen LogP contribution in [0.1, 0.15) is 48.5 Å². The van der Waals surface area contributed by atoms with E-state index in [1.807, 2.05) is 61.5 Å². The molecule has 33 heavy (non-hydrogen) atoms. The Morgan fingerprint density at radius 2 is 1.88 bits per heavy atom. The van der Waals surface area contributed by atoms with Crippen LogP contribution in [0.2, 0.25) is 0 Å². The molecule has 2 aromatic carbocycles. The SMILES string of the molecule is C[C@@]12C[C@@H](c3ccccc3O1)[C@H](C(N)=O)C(=O)N2CC[C@H](Cc1ccccc1)c1ccco1. The Morgan fingerprint density at radius 1 is 1.12 bits per heavy atom. The number of fused-ring (bicyclic) bond motifs is 4. The average Bonchev–Trinajstić information content (AvgIpc) is 3.33. The van der Waals surface area contributed by atoms with Crippen molar-refractivity contribution >= 4 is 11.8 Å². The van der Waals surface area contributed by atoms with E-state index in [1.165, 1.54) is 5.56 Å². The summed E-state index contributed by atoms with van der Waals surface area (Å²) in [5.41, 5.74) is 7.00. The van der Waals surface area contributed by atoms with E-state index in [4.69, 9.17) is 14.9 Å². The minimum absolute atomic E-state index is 0.0828. The lowest BCUT2D eigenvalue weighted by atomic mass is 9.73. The lowest BCUT2D eigenvalue weighted by Crippen LogP contribution is -2.64. The molecule has 1 saturated heterocycles. The maximum absolute atomic E-state index is 13.6. The minimum atomic E-state index is -0.890. The zero-order valence-corrected chi connectivity index (χ0v) is 18.6. The number of rotatable bonds is 7. The first-order valence-corrected chi connectivity index (χ1v) is 11.4. The highest BCUT2D eigenvalue weighted by Crippen LogP contribution is 2.50. The number of likely N-dealkylation sites (tertiary alicyclic amines) is 1. The molecule has 1 fully saturated rings. The van der Waals surface area contributed by atoms with Gasteiger partial charge in [-0.25, -0.2) is 0 Å². The maximum atomic E-state index is 13.6. The van der Waals surface area contributed by atoms with Crippen LogP contribution in [0.25, 0.3) is 0 Å². The number of benzene rings is 2. The van der Waals surface area contributed by atoms with E-state index >= 15 is 0 Å². The molecule has 2 aliphatic rings. The molecule has 2 N–H and O–H groups in total. The molecule has 4 atom stereocenters. The molecule has 0 radical (unpaired) electrons. The molecule has 0 saturated carbocycles. The van der Waals surface area contributed by atoms with Gasteiger partial charge in [0.25, 0.3) is 0 Å². The number of furan rings is 1. The van der Waals surface area contributed by atoms with Crippen LogP contribution in [0, 0.1) is 5.92 Å². The smallest absolute Gasteiger partial charge is 0.238 e. The zero-order valence-electron chi connectivity index (χ0n) is 18.6. The standard InChI is InChI=1S/C27H28N2O4/c1-27-17-21(20-10-5-6-11-23(20)33-27)24(25(28)30)26(31)29(27)14-13-19(22-12-7-15-32-22)16-18-8-3-2-4-9-18/h2-12,15,19,21,24H,13-14,16-17H2,1H3,(H2,28,30)/t19-,21+,24-,27+/m1/s1. The summed E-state index contributed by atoms with van der Waals surface area (Å²) in [6.45, 7) is 2.37. The fourth-order valence-electron chi connectivity index (χ4n) is 5.43. The van der Waals surface area contributed by atoms with E-state index in [1.54, 1.807) is 11.2 Å². The molecular formula is C27H28N2O4. The van der Waals surface area contributed by atoms with Crippen LogP contribution in [0.3, 0.4) is 0 Å². The molecule has 3 aromatic rings. The summed E-state index contributed by atoms with van der Waals surface area (Å²) >= 11 is 0. The highest BCUT2D eigenvalue weighted by molar-refractivity contribution is 6.01. The Kier molecular flexibility index (Phi) is 5.44. The molecule has 6 nitrogen and oxygen atoms in total. The topological polar surface area (TPSA) is 85.8 Å². The summed E-state index contributed by atoms with van der Waals surface area (Å²) in [5.74, 6) is -0.320. The lowest BCUT2D eigenvalue weighted by Gasteiger charge is -2.52. The van der Waals surface area contributed by atoms with E-state index in [0.717, 1.165) is 17.7 Å². The molecule has 6 heteroatoms. The van der Waals surface area contributed by atoms with E-state index in [-0.39, 0.29) is 17.7 Å². The van der Waals surface area contributed by atoms with Gasteiger partial charge in [-0.05, 0) is 49.1 Å². The number of para-hydroxylation sites is 1. The van der Waals surface area contributed by atoms with E-state index in [9.17, 15) is 9.59 Å². The summed E-state index contributed by atoms with van der Waals surface area (Å²) in [7, 11) is 0. The quantitative estimate of drug-likeness (QED) is 0.553. The number of ether oxygens (including phenoxy) is 1. The van der Waals surface area contributed by atoms with Gasteiger partial charge in [0.05, 0.1) is 6.26 Å². The van der Waals surface area contributed by atoms with Crippen molar-refractivity contribution in [1.82, 2.24) is 4.90 Å². The van der Waals surface area contributed by atoms with Crippen LogP contribution in [0.15, 0.2) is 77.4 Å². The second-order valence-corrected chi connectivity index (χ2v) is 9.19. The van der Waals surface area contributed by atoms with Gasteiger partial charge in [-0.1, -0.05) is 48.5 Å². The fraction of sp³-hybridized carbons (Fsp3) is 0.333. The lowest BCUT2D eigenvalue weighted by molar-refractivity contribution is -0.175. The fourth-order valence-corrected chi connectivity index (χ4v) is 5.43. The number of nitrogens with two attached hydrogens (primary N) is 1. The first kappa shape index (κ1) is 21.3. The van der Waals surface area contributed by atoms with E-state index in [0.29, 0.717) is 25.1 Å². The summed E-state index contributed by atoms with van der Waals surface area (Å²) in [6.07, 6.45) is 3.67. The Balaban J connectivity index is 1.43. The van der Waals surface area contributed by atoms with Gasteiger partial charge in [0.1, 0.15) is 17.4 Å². The van der Waals surface area contributed by atoms with Gasteiger partial charge in [0.15, 0.2) is 5.72 Å². The predicted molar refractivity (Wildman–Crippen MR) is 123 cm³/mol. The second-order valence-electron chi connectivity index (χ2n) is 9.19.